The van der Waals surface area contributed by atoms with Crippen molar-refractivity contribution in [3.8, 4) is 6.07 Å². The fraction of sp³-hybridized carbons (Fsp3) is 0.533. The molecule has 0 spiro atoms. The highest BCUT2D eigenvalue weighted by atomic mass is 35.5. The van der Waals surface area contributed by atoms with Crippen LogP contribution in [0.25, 0.3) is 0 Å². The van der Waals surface area contributed by atoms with Gasteiger partial charge in [-0.2, -0.15) is 5.26 Å². The first-order valence-electron chi connectivity index (χ1n) is 7.49. The largest absolute Gasteiger partial charge is 0.396 e. The molecule has 0 radical (unpaired) electrons. The summed E-state index contributed by atoms with van der Waals surface area (Å²) in [4.78, 5) is 2.12. The highest BCUT2D eigenvalue weighted by molar-refractivity contribution is 7.89. The number of aliphatic hydroxyl groups is 1. The van der Waals surface area contributed by atoms with Crippen molar-refractivity contribution in [2.24, 2.45) is 5.92 Å². The standard InChI is InChI=1S/C15H20ClN3O3S/c16-14-8-12(9-17)3-4-15(14)23(21,22)18-5-7-19-6-1-2-13(10-19)11-20/h3-4,8,13,18,20H,1-2,5-7,10-11H2/t13-/m1/s1. The summed E-state index contributed by atoms with van der Waals surface area (Å²) in [5.74, 6) is 0.272. The Kier molecular flexibility index (Phi) is 6.39. The fourth-order valence-electron chi connectivity index (χ4n) is 2.71. The summed E-state index contributed by atoms with van der Waals surface area (Å²) in [5.41, 5.74) is 0.317. The van der Waals surface area contributed by atoms with Crippen molar-refractivity contribution in [2.75, 3.05) is 32.8 Å². The van der Waals surface area contributed by atoms with Crippen molar-refractivity contribution >= 4 is 21.6 Å². The number of nitrogens with one attached hydrogen (secondary N) is 1. The molecule has 0 bridgehead atoms. The Balaban J connectivity index is 1.93. The summed E-state index contributed by atoms with van der Waals surface area (Å²) in [6.45, 7) is 2.73. The molecule has 0 aliphatic carbocycles. The number of hydrogen-bond donors (Lipinski definition) is 2. The van der Waals surface area contributed by atoms with Gasteiger partial charge in [0.2, 0.25) is 10.0 Å². The van der Waals surface area contributed by atoms with Crippen LogP contribution in [0.1, 0.15) is 18.4 Å². The van der Waals surface area contributed by atoms with Gasteiger partial charge >= 0.3 is 0 Å². The summed E-state index contributed by atoms with van der Waals surface area (Å²) in [6.07, 6.45) is 2.03. The van der Waals surface area contributed by atoms with E-state index in [9.17, 15) is 13.5 Å². The second-order valence-electron chi connectivity index (χ2n) is 5.65. The molecule has 1 heterocycles. The Morgan fingerprint density at radius 1 is 1.48 bits per heavy atom. The first-order chi connectivity index (χ1) is 11.0. The van der Waals surface area contributed by atoms with Gasteiger partial charge in [-0.05, 0) is 43.5 Å². The van der Waals surface area contributed by atoms with Crippen molar-refractivity contribution in [1.29, 1.82) is 5.26 Å². The van der Waals surface area contributed by atoms with Gasteiger partial charge in [0.05, 0.1) is 16.7 Å². The van der Waals surface area contributed by atoms with Crippen LogP contribution in [0.5, 0.6) is 0 Å². The van der Waals surface area contributed by atoms with E-state index in [-0.39, 0.29) is 29.0 Å². The summed E-state index contributed by atoms with van der Waals surface area (Å²) < 4.78 is 27.1. The van der Waals surface area contributed by atoms with Gasteiger partial charge in [-0.3, -0.25) is 0 Å². The molecule has 2 rings (SSSR count). The molecule has 0 saturated carbocycles. The van der Waals surface area contributed by atoms with Crippen molar-refractivity contribution < 1.29 is 13.5 Å². The average molecular weight is 358 g/mol. The number of nitrogens with zero attached hydrogens (tertiary/aromatic N) is 2. The van der Waals surface area contributed by atoms with Crippen LogP contribution in [0.4, 0.5) is 0 Å². The lowest BCUT2D eigenvalue weighted by molar-refractivity contribution is 0.122. The maximum absolute atomic E-state index is 12.3. The quantitative estimate of drug-likeness (QED) is 0.797. The number of aliphatic hydroxyl groups excluding tert-OH is 1. The number of benzene rings is 1. The zero-order valence-corrected chi connectivity index (χ0v) is 14.3. The minimum Gasteiger partial charge on any atom is -0.396 e. The van der Waals surface area contributed by atoms with Crippen LogP contribution in [-0.4, -0.2) is 51.2 Å². The van der Waals surface area contributed by atoms with Crippen LogP contribution in [0.3, 0.4) is 0 Å². The third kappa shape index (κ3) is 4.90. The number of rotatable bonds is 6. The lowest BCUT2D eigenvalue weighted by atomic mass is 9.99. The van der Waals surface area contributed by atoms with Gasteiger partial charge in [-0.25, -0.2) is 13.1 Å². The molecule has 126 valence electrons. The Morgan fingerprint density at radius 2 is 2.26 bits per heavy atom. The number of sulfonamides is 1. The van der Waals surface area contributed by atoms with Gasteiger partial charge in [0.1, 0.15) is 4.90 Å². The average Bonchev–Trinajstić information content (AvgIpc) is 2.54. The first-order valence-corrected chi connectivity index (χ1v) is 9.35. The molecule has 1 aromatic carbocycles. The summed E-state index contributed by atoms with van der Waals surface area (Å²) in [7, 11) is -3.70. The molecule has 0 unspecified atom stereocenters. The zero-order chi connectivity index (χ0) is 16.9. The lowest BCUT2D eigenvalue weighted by Crippen LogP contribution is -2.41. The third-order valence-electron chi connectivity index (χ3n) is 3.93. The van der Waals surface area contributed by atoms with Crippen LogP contribution < -0.4 is 4.72 Å². The monoisotopic (exact) mass is 357 g/mol. The van der Waals surface area contributed by atoms with Gasteiger partial charge in [0, 0.05) is 26.2 Å². The second kappa shape index (κ2) is 8.08. The summed E-state index contributed by atoms with van der Waals surface area (Å²) in [6, 6.07) is 6.02. The Bertz CT molecular complexity index is 688. The summed E-state index contributed by atoms with van der Waals surface area (Å²) >= 11 is 5.95. The van der Waals surface area contributed by atoms with E-state index in [4.69, 9.17) is 16.9 Å². The molecule has 6 nitrogen and oxygen atoms in total. The molecule has 1 aromatic rings. The molecule has 0 aromatic heterocycles. The van der Waals surface area contributed by atoms with Crippen LogP contribution in [0.2, 0.25) is 5.02 Å². The van der Waals surface area contributed by atoms with Crippen LogP contribution >= 0.6 is 11.6 Å². The van der Waals surface area contributed by atoms with Crippen molar-refractivity contribution in [2.45, 2.75) is 17.7 Å². The van der Waals surface area contributed by atoms with Crippen LogP contribution in [0, 0.1) is 17.2 Å². The molecule has 0 amide bonds. The molecular weight excluding hydrogens is 338 g/mol. The molecule has 2 N–H and O–H groups in total. The Labute approximate surface area is 141 Å². The van der Waals surface area contributed by atoms with Crippen molar-refractivity contribution in [1.82, 2.24) is 9.62 Å². The fourth-order valence-corrected chi connectivity index (χ4v) is 4.27. The zero-order valence-electron chi connectivity index (χ0n) is 12.7. The van der Waals surface area contributed by atoms with E-state index >= 15 is 0 Å². The van der Waals surface area contributed by atoms with E-state index in [0.717, 1.165) is 25.9 Å². The van der Waals surface area contributed by atoms with E-state index in [0.29, 0.717) is 12.1 Å². The highest BCUT2D eigenvalue weighted by Gasteiger charge is 2.21. The number of likely N-dealkylation sites (tertiary alicyclic amines) is 1. The van der Waals surface area contributed by atoms with E-state index in [1.54, 1.807) is 0 Å². The number of piperidine rings is 1. The molecule has 1 saturated heterocycles. The molecule has 23 heavy (non-hydrogen) atoms. The van der Waals surface area contributed by atoms with E-state index in [1.165, 1.54) is 18.2 Å². The van der Waals surface area contributed by atoms with Crippen LogP contribution in [-0.2, 0) is 10.0 Å². The normalized spacial score (nSPS) is 19.4. The van der Waals surface area contributed by atoms with Gasteiger partial charge in [0.15, 0.2) is 0 Å². The van der Waals surface area contributed by atoms with Crippen LogP contribution in [0.15, 0.2) is 23.1 Å². The topological polar surface area (TPSA) is 93.4 Å². The van der Waals surface area contributed by atoms with E-state index in [1.807, 2.05) is 6.07 Å². The molecule has 8 heteroatoms. The first kappa shape index (κ1) is 18.2. The van der Waals surface area contributed by atoms with Gasteiger partial charge in [-0.1, -0.05) is 11.6 Å². The molecule has 1 atom stereocenters. The number of hydrogen-bond acceptors (Lipinski definition) is 5. The predicted molar refractivity (Wildman–Crippen MR) is 87.6 cm³/mol. The second-order valence-corrected chi connectivity index (χ2v) is 7.79. The smallest absolute Gasteiger partial charge is 0.242 e. The third-order valence-corrected chi connectivity index (χ3v) is 5.88. The summed E-state index contributed by atoms with van der Waals surface area (Å²) in [5, 5.41) is 18.0. The molecule has 1 aliphatic rings. The SMILES string of the molecule is N#Cc1ccc(S(=O)(=O)NCCN2CCC[C@@H](CO)C2)c(Cl)c1. The maximum Gasteiger partial charge on any atom is 0.242 e. The predicted octanol–water partition coefficient (Wildman–Crippen LogP) is 1.19. The highest BCUT2D eigenvalue weighted by Crippen LogP contribution is 2.22. The lowest BCUT2D eigenvalue weighted by Gasteiger charge is -2.31. The van der Waals surface area contributed by atoms with E-state index < -0.39 is 10.0 Å². The number of nitriles is 1. The Hall–Kier alpha value is -1.17. The maximum atomic E-state index is 12.3. The van der Waals surface area contributed by atoms with Gasteiger partial charge in [-0.15, -0.1) is 0 Å². The van der Waals surface area contributed by atoms with Gasteiger partial charge in [0.25, 0.3) is 0 Å². The van der Waals surface area contributed by atoms with Gasteiger partial charge < -0.3 is 10.0 Å². The minimum absolute atomic E-state index is 0.0231. The Morgan fingerprint density at radius 3 is 2.91 bits per heavy atom. The molecule has 1 aliphatic heterocycles. The minimum atomic E-state index is -3.70. The molecular formula is C15H20ClN3O3S. The molecule has 1 fully saturated rings. The van der Waals surface area contributed by atoms with E-state index in [2.05, 4.69) is 9.62 Å². The number of halogens is 1. The van der Waals surface area contributed by atoms with Crippen molar-refractivity contribution in [3.63, 3.8) is 0 Å². The van der Waals surface area contributed by atoms with Crippen molar-refractivity contribution in [3.05, 3.63) is 28.8 Å².